The van der Waals surface area contributed by atoms with Crippen molar-refractivity contribution >= 4 is 22.6 Å². The Bertz CT molecular complexity index is 995. The molecule has 1 heterocycles. The van der Waals surface area contributed by atoms with E-state index in [1.807, 2.05) is 0 Å². The number of furan rings is 1. The van der Waals surface area contributed by atoms with E-state index >= 15 is 0 Å². The number of halogens is 3. The first-order valence-electron chi connectivity index (χ1n) is 8.43. The Morgan fingerprint density at radius 1 is 1.14 bits per heavy atom. The van der Waals surface area contributed by atoms with Crippen LogP contribution in [0.4, 0.5) is 18.9 Å². The Morgan fingerprint density at radius 3 is 2.57 bits per heavy atom. The number of amides is 1. The fourth-order valence-corrected chi connectivity index (χ4v) is 2.73. The first kappa shape index (κ1) is 19.8. The SMILES string of the molecule is COCCOc1ccc(C(F)(F)F)cc1NC(=O)c1oc2ccccc2c1C. The molecule has 1 N–H and O–H groups in total. The third-order valence-corrected chi connectivity index (χ3v) is 4.15. The van der Waals surface area contributed by atoms with Crippen LogP contribution in [0, 0.1) is 6.92 Å². The van der Waals surface area contributed by atoms with Crippen molar-refractivity contribution in [2.45, 2.75) is 13.1 Å². The molecule has 0 spiro atoms. The van der Waals surface area contributed by atoms with Crippen LogP contribution in [0.25, 0.3) is 11.0 Å². The van der Waals surface area contributed by atoms with E-state index in [1.54, 1.807) is 31.2 Å². The molecule has 28 heavy (non-hydrogen) atoms. The number of hydrogen-bond acceptors (Lipinski definition) is 4. The van der Waals surface area contributed by atoms with Crippen LogP contribution in [0.2, 0.25) is 0 Å². The Kier molecular flexibility index (Phi) is 5.60. The zero-order chi connectivity index (χ0) is 20.3. The summed E-state index contributed by atoms with van der Waals surface area (Å²) in [5.41, 5.74) is 0.117. The van der Waals surface area contributed by atoms with Gasteiger partial charge in [-0.25, -0.2) is 0 Å². The Labute approximate surface area is 159 Å². The van der Waals surface area contributed by atoms with Gasteiger partial charge in [0.05, 0.1) is 17.9 Å². The highest BCUT2D eigenvalue weighted by Crippen LogP contribution is 2.35. The molecule has 0 atom stereocenters. The third-order valence-electron chi connectivity index (χ3n) is 4.15. The van der Waals surface area contributed by atoms with Crippen molar-refractivity contribution in [2.24, 2.45) is 0 Å². The summed E-state index contributed by atoms with van der Waals surface area (Å²) in [6.07, 6.45) is -4.56. The number of rotatable bonds is 6. The van der Waals surface area contributed by atoms with Crippen LogP contribution in [0.3, 0.4) is 0 Å². The lowest BCUT2D eigenvalue weighted by Gasteiger charge is -2.15. The van der Waals surface area contributed by atoms with E-state index < -0.39 is 17.6 Å². The number of para-hydroxylation sites is 1. The summed E-state index contributed by atoms with van der Waals surface area (Å²) >= 11 is 0. The third kappa shape index (κ3) is 4.12. The van der Waals surface area contributed by atoms with Gasteiger partial charge < -0.3 is 19.2 Å². The molecule has 3 aromatic rings. The van der Waals surface area contributed by atoms with Gasteiger partial charge in [-0.15, -0.1) is 0 Å². The number of carbonyl (C=O) groups excluding carboxylic acids is 1. The Hall–Kier alpha value is -3.00. The van der Waals surface area contributed by atoms with E-state index in [-0.39, 0.29) is 30.4 Å². The average molecular weight is 393 g/mol. The maximum absolute atomic E-state index is 13.1. The van der Waals surface area contributed by atoms with Gasteiger partial charge in [-0.3, -0.25) is 4.79 Å². The fourth-order valence-electron chi connectivity index (χ4n) is 2.73. The Morgan fingerprint density at radius 2 is 1.89 bits per heavy atom. The first-order chi connectivity index (χ1) is 13.3. The van der Waals surface area contributed by atoms with Crippen LogP contribution in [0.15, 0.2) is 46.9 Å². The number of carbonyl (C=O) groups is 1. The minimum atomic E-state index is -4.56. The fraction of sp³-hybridized carbons (Fsp3) is 0.250. The first-order valence-corrected chi connectivity index (χ1v) is 8.43. The van der Waals surface area contributed by atoms with Crippen LogP contribution in [0.1, 0.15) is 21.7 Å². The van der Waals surface area contributed by atoms with Gasteiger partial charge in [-0.2, -0.15) is 13.2 Å². The smallest absolute Gasteiger partial charge is 0.416 e. The molecule has 0 radical (unpaired) electrons. The molecule has 148 valence electrons. The largest absolute Gasteiger partial charge is 0.489 e. The normalized spacial score (nSPS) is 11.6. The van der Waals surface area contributed by atoms with E-state index in [1.165, 1.54) is 13.2 Å². The van der Waals surface area contributed by atoms with Gasteiger partial charge in [0.15, 0.2) is 5.76 Å². The van der Waals surface area contributed by atoms with Gasteiger partial charge in [0.1, 0.15) is 17.9 Å². The number of aryl methyl sites for hydroxylation is 1. The molecule has 0 aliphatic carbocycles. The molecule has 5 nitrogen and oxygen atoms in total. The number of methoxy groups -OCH3 is 1. The lowest BCUT2D eigenvalue weighted by atomic mass is 10.1. The maximum atomic E-state index is 13.1. The van der Waals surface area contributed by atoms with Gasteiger partial charge in [0, 0.05) is 18.1 Å². The zero-order valence-electron chi connectivity index (χ0n) is 15.2. The van der Waals surface area contributed by atoms with Crippen molar-refractivity contribution in [2.75, 3.05) is 25.6 Å². The quantitative estimate of drug-likeness (QED) is 0.596. The number of hydrogen-bond donors (Lipinski definition) is 1. The summed E-state index contributed by atoms with van der Waals surface area (Å²) in [6.45, 7) is 2.08. The summed E-state index contributed by atoms with van der Waals surface area (Å²) in [6, 6.07) is 9.97. The van der Waals surface area contributed by atoms with Crippen LogP contribution in [0.5, 0.6) is 5.75 Å². The van der Waals surface area contributed by atoms with E-state index in [2.05, 4.69) is 5.32 Å². The zero-order valence-corrected chi connectivity index (χ0v) is 15.2. The van der Waals surface area contributed by atoms with E-state index in [4.69, 9.17) is 13.9 Å². The number of ether oxygens (including phenoxy) is 2. The molecule has 2 aromatic carbocycles. The van der Waals surface area contributed by atoms with Gasteiger partial charge in [0.25, 0.3) is 5.91 Å². The van der Waals surface area contributed by atoms with Crippen molar-refractivity contribution in [1.29, 1.82) is 0 Å². The lowest BCUT2D eigenvalue weighted by Crippen LogP contribution is -2.15. The molecule has 0 unspecified atom stereocenters. The summed E-state index contributed by atoms with van der Waals surface area (Å²) in [4.78, 5) is 12.7. The average Bonchev–Trinajstić information content (AvgIpc) is 2.99. The van der Waals surface area contributed by atoms with Crippen LogP contribution < -0.4 is 10.1 Å². The molecule has 8 heteroatoms. The van der Waals surface area contributed by atoms with Gasteiger partial charge in [0.2, 0.25) is 0 Å². The number of fused-ring (bicyclic) bond motifs is 1. The molecule has 0 aliphatic heterocycles. The molecule has 0 bridgehead atoms. The van der Waals surface area contributed by atoms with Crippen molar-refractivity contribution in [3.8, 4) is 5.75 Å². The van der Waals surface area contributed by atoms with Gasteiger partial charge >= 0.3 is 6.18 Å². The molecule has 3 rings (SSSR count). The minimum absolute atomic E-state index is 0.0291. The Balaban J connectivity index is 1.93. The monoisotopic (exact) mass is 393 g/mol. The summed E-state index contributed by atoms with van der Waals surface area (Å²) in [5.74, 6) is -0.529. The highest BCUT2D eigenvalue weighted by atomic mass is 19.4. The second kappa shape index (κ2) is 7.93. The highest BCUT2D eigenvalue weighted by molar-refractivity contribution is 6.07. The predicted molar refractivity (Wildman–Crippen MR) is 97.7 cm³/mol. The highest BCUT2D eigenvalue weighted by Gasteiger charge is 2.31. The number of alkyl halides is 3. The molecule has 1 amide bonds. The van der Waals surface area contributed by atoms with E-state index in [0.29, 0.717) is 11.1 Å². The number of anilines is 1. The van der Waals surface area contributed by atoms with Crippen LogP contribution in [-0.2, 0) is 10.9 Å². The maximum Gasteiger partial charge on any atom is 0.416 e. The molecule has 0 saturated heterocycles. The van der Waals surface area contributed by atoms with Crippen molar-refractivity contribution in [3.63, 3.8) is 0 Å². The van der Waals surface area contributed by atoms with Gasteiger partial charge in [-0.1, -0.05) is 18.2 Å². The second-order valence-corrected chi connectivity index (χ2v) is 6.06. The molecular formula is C20H18F3NO4. The van der Waals surface area contributed by atoms with Crippen LogP contribution in [-0.4, -0.2) is 26.2 Å². The second-order valence-electron chi connectivity index (χ2n) is 6.06. The van der Waals surface area contributed by atoms with Crippen LogP contribution >= 0.6 is 0 Å². The predicted octanol–water partition coefficient (Wildman–Crippen LogP) is 5.04. The minimum Gasteiger partial charge on any atom is -0.489 e. The van der Waals surface area contributed by atoms with E-state index in [9.17, 15) is 18.0 Å². The number of nitrogens with one attached hydrogen (secondary N) is 1. The molecule has 0 saturated carbocycles. The van der Waals surface area contributed by atoms with Crippen molar-refractivity contribution in [1.82, 2.24) is 0 Å². The molecule has 1 aromatic heterocycles. The summed E-state index contributed by atoms with van der Waals surface area (Å²) in [5, 5.41) is 3.23. The molecule has 0 aliphatic rings. The summed E-state index contributed by atoms with van der Waals surface area (Å²) < 4.78 is 55.1. The van der Waals surface area contributed by atoms with E-state index in [0.717, 1.165) is 17.5 Å². The molecule has 0 fully saturated rings. The standard InChI is InChI=1S/C20H18F3NO4/c1-12-14-5-3-4-6-16(14)28-18(12)19(25)24-15-11-13(20(21,22)23)7-8-17(15)27-10-9-26-2/h3-8,11H,9-10H2,1-2H3,(H,24,25). The van der Waals surface area contributed by atoms with Gasteiger partial charge in [-0.05, 0) is 31.2 Å². The number of benzene rings is 2. The summed E-state index contributed by atoms with van der Waals surface area (Å²) in [7, 11) is 1.48. The topological polar surface area (TPSA) is 60.7 Å². The lowest BCUT2D eigenvalue weighted by molar-refractivity contribution is -0.137. The van der Waals surface area contributed by atoms with Crippen molar-refractivity contribution in [3.05, 3.63) is 59.4 Å². The van der Waals surface area contributed by atoms with Crippen molar-refractivity contribution < 1.29 is 31.9 Å². The molecular weight excluding hydrogens is 375 g/mol.